The number of carbonyl (C=O) groups is 1. The molecular formula is C15H29NO5. The summed E-state index contributed by atoms with van der Waals surface area (Å²) < 4.78 is 20.6. The first-order valence-corrected chi connectivity index (χ1v) is 7.69. The minimum absolute atomic E-state index is 0.240. The molecule has 0 radical (unpaired) electrons. The first-order chi connectivity index (χ1) is 10.1. The average Bonchev–Trinajstić information content (AvgIpc) is 2.45. The lowest BCUT2D eigenvalue weighted by molar-refractivity contribution is -0.153. The Morgan fingerprint density at radius 1 is 1.14 bits per heavy atom. The van der Waals surface area contributed by atoms with Crippen LogP contribution >= 0.6 is 0 Å². The molecule has 2 N–H and O–H groups in total. The molecule has 1 aliphatic carbocycles. The minimum atomic E-state index is -0.805. The first kappa shape index (κ1) is 18.4. The van der Waals surface area contributed by atoms with Gasteiger partial charge in [0.15, 0.2) is 0 Å². The predicted octanol–water partition coefficient (Wildman–Crippen LogP) is 1.12. The molecule has 0 spiro atoms. The summed E-state index contributed by atoms with van der Waals surface area (Å²) in [6, 6.07) is 0. The highest BCUT2D eigenvalue weighted by atomic mass is 16.6. The molecule has 1 rings (SSSR count). The normalized spacial score (nSPS) is 25.8. The Kier molecular flexibility index (Phi) is 8.84. The molecule has 2 atom stereocenters. The fourth-order valence-corrected chi connectivity index (χ4v) is 2.58. The van der Waals surface area contributed by atoms with Crippen LogP contribution in [0.1, 0.15) is 32.6 Å². The van der Waals surface area contributed by atoms with Crippen molar-refractivity contribution in [3.05, 3.63) is 0 Å². The third-order valence-corrected chi connectivity index (χ3v) is 3.70. The summed E-state index contributed by atoms with van der Waals surface area (Å²) in [6.07, 6.45) is 3.55. The van der Waals surface area contributed by atoms with Gasteiger partial charge in [-0.2, -0.15) is 0 Å². The van der Waals surface area contributed by atoms with E-state index in [2.05, 4.69) is 6.92 Å². The van der Waals surface area contributed by atoms with Crippen molar-refractivity contribution < 1.29 is 23.7 Å². The highest BCUT2D eigenvalue weighted by Gasteiger charge is 2.39. The second-order valence-electron chi connectivity index (χ2n) is 5.71. The van der Waals surface area contributed by atoms with Crippen LogP contribution in [0.5, 0.6) is 0 Å². The molecular weight excluding hydrogens is 274 g/mol. The standard InChI is InChI=1S/C15H29NO5/c1-13-4-3-5-15(16,12-13)14(17)21-11-10-20-9-8-19-7-6-18-2/h13H,3-12,16H2,1-2H3. The molecule has 0 aliphatic heterocycles. The highest BCUT2D eigenvalue weighted by molar-refractivity contribution is 5.80. The fraction of sp³-hybridized carbons (Fsp3) is 0.933. The van der Waals surface area contributed by atoms with Crippen LogP contribution in [0, 0.1) is 5.92 Å². The van der Waals surface area contributed by atoms with Crippen LogP contribution in [0.25, 0.3) is 0 Å². The second kappa shape index (κ2) is 10.1. The van der Waals surface area contributed by atoms with E-state index >= 15 is 0 Å². The minimum Gasteiger partial charge on any atom is -0.462 e. The molecule has 1 saturated carbocycles. The lowest BCUT2D eigenvalue weighted by Crippen LogP contribution is -2.52. The number of hydrogen-bond donors (Lipinski definition) is 1. The highest BCUT2D eigenvalue weighted by Crippen LogP contribution is 2.31. The molecule has 1 aliphatic rings. The van der Waals surface area contributed by atoms with Gasteiger partial charge in [0.25, 0.3) is 0 Å². The van der Waals surface area contributed by atoms with E-state index in [1.54, 1.807) is 7.11 Å². The summed E-state index contributed by atoms with van der Waals surface area (Å²) in [6.45, 7) is 4.86. The Balaban J connectivity index is 2.03. The smallest absolute Gasteiger partial charge is 0.326 e. The van der Waals surface area contributed by atoms with Gasteiger partial charge in [0.05, 0.1) is 33.0 Å². The number of hydrogen-bond acceptors (Lipinski definition) is 6. The number of esters is 1. The van der Waals surface area contributed by atoms with Gasteiger partial charge in [0.2, 0.25) is 0 Å². The quantitative estimate of drug-likeness (QED) is 0.481. The van der Waals surface area contributed by atoms with Crippen molar-refractivity contribution in [2.45, 2.75) is 38.1 Å². The molecule has 0 amide bonds. The maximum absolute atomic E-state index is 12.0. The zero-order valence-electron chi connectivity index (χ0n) is 13.3. The van der Waals surface area contributed by atoms with Gasteiger partial charge in [-0.3, -0.25) is 4.79 Å². The van der Waals surface area contributed by atoms with Crippen molar-refractivity contribution in [3.63, 3.8) is 0 Å². The van der Waals surface area contributed by atoms with Crippen molar-refractivity contribution in [1.29, 1.82) is 0 Å². The largest absolute Gasteiger partial charge is 0.462 e. The van der Waals surface area contributed by atoms with E-state index in [0.29, 0.717) is 51.8 Å². The summed E-state index contributed by atoms with van der Waals surface area (Å²) in [4.78, 5) is 12.0. The van der Waals surface area contributed by atoms with Crippen LogP contribution in [0.4, 0.5) is 0 Å². The van der Waals surface area contributed by atoms with Crippen LogP contribution in [0.3, 0.4) is 0 Å². The Morgan fingerprint density at radius 2 is 1.76 bits per heavy atom. The van der Waals surface area contributed by atoms with Gasteiger partial charge in [-0.05, 0) is 18.8 Å². The molecule has 124 valence electrons. The van der Waals surface area contributed by atoms with E-state index in [0.717, 1.165) is 12.8 Å². The molecule has 2 unspecified atom stereocenters. The van der Waals surface area contributed by atoms with E-state index < -0.39 is 5.54 Å². The summed E-state index contributed by atoms with van der Waals surface area (Å²) in [5, 5.41) is 0. The van der Waals surface area contributed by atoms with Crippen LogP contribution < -0.4 is 5.73 Å². The Labute approximate surface area is 127 Å². The fourth-order valence-electron chi connectivity index (χ4n) is 2.58. The second-order valence-corrected chi connectivity index (χ2v) is 5.71. The van der Waals surface area contributed by atoms with Gasteiger partial charge in [0, 0.05) is 7.11 Å². The lowest BCUT2D eigenvalue weighted by atomic mass is 9.77. The van der Waals surface area contributed by atoms with Gasteiger partial charge in [0.1, 0.15) is 12.1 Å². The summed E-state index contributed by atoms with van der Waals surface area (Å²) in [5.41, 5.74) is 5.35. The van der Waals surface area contributed by atoms with Crippen molar-refractivity contribution in [2.24, 2.45) is 11.7 Å². The van der Waals surface area contributed by atoms with Crippen molar-refractivity contribution in [1.82, 2.24) is 0 Å². The number of ether oxygens (including phenoxy) is 4. The molecule has 0 heterocycles. The number of methoxy groups -OCH3 is 1. The average molecular weight is 303 g/mol. The zero-order valence-corrected chi connectivity index (χ0v) is 13.3. The molecule has 0 aromatic heterocycles. The molecule has 0 aromatic carbocycles. The van der Waals surface area contributed by atoms with Crippen LogP contribution in [0.15, 0.2) is 0 Å². The Hall–Kier alpha value is -0.690. The maximum atomic E-state index is 12.0. The predicted molar refractivity (Wildman–Crippen MR) is 79.0 cm³/mol. The SMILES string of the molecule is COCCOCCOCCOC(=O)C1(N)CCCC(C)C1. The van der Waals surface area contributed by atoms with E-state index in [1.165, 1.54) is 0 Å². The van der Waals surface area contributed by atoms with E-state index in [9.17, 15) is 4.79 Å². The number of nitrogens with two attached hydrogens (primary N) is 1. The van der Waals surface area contributed by atoms with Crippen LogP contribution in [-0.4, -0.2) is 58.3 Å². The summed E-state index contributed by atoms with van der Waals surface area (Å²) >= 11 is 0. The van der Waals surface area contributed by atoms with Gasteiger partial charge in [-0.1, -0.05) is 19.8 Å². The number of carbonyl (C=O) groups excluding carboxylic acids is 1. The lowest BCUT2D eigenvalue weighted by Gasteiger charge is -2.34. The molecule has 0 aromatic rings. The Bertz CT molecular complexity index is 300. The topological polar surface area (TPSA) is 80.0 Å². The molecule has 6 heteroatoms. The van der Waals surface area contributed by atoms with E-state index in [1.807, 2.05) is 0 Å². The molecule has 0 saturated heterocycles. The molecule has 0 bridgehead atoms. The summed E-state index contributed by atoms with van der Waals surface area (Å²) in [7, 11) is 1.63. The third-order valence-electron chi connectivity index (χ3n) is 3.70. The Morgan fingerprint density at radius 3 is 2.38 bits per heavy atom. The zero-order chi connectivity index (χ0) is 15.6. The van der Waals surface area contributed by atoms with Gasteiger partial charge >= 0.3 is 5.97 Å². The molecule has 6 nitrogen and oxygen atoms in total. The van der Waals surface area contributed by atoms with Crippen LogP contribution in [0.2, 0.25) is 0 Å². The van der Waals surface area contributed by atoms with Gasteiger partial charge in [-0.15, -0.1) is 0 Å². The van der Waals surface area contributed by atoms with E-state index in [-0.39, 0.29) is 12.6 Å². The summed E-state index contributed by atoms with van der Waals surface area (Å²) in [5.74, 6) is 0.186. The van der Waals surface area contributed by atoms with E-state index in [4.69, 9.17) is 24.7 Å². The number of rotatable bonds is 10. The van der Waals surface area contributed by atoms with Gasteiger partial charge in [-0.25, -0.2) is 0 Å². The monoisotopic (exact) mass is 303 g/mol. The van der Waals surface area contributed by atoms with Crippen molar-refractivity contribution in [2.75, 3.05) is 46.8 Å². The molecule has 1 fully saturated rings. The van der Waals surface area contributed by atoms with Crippen LogP contribution in [-0.2, 0) is 23.7 Å². The van der Waals surface area contributed by atoms with Gasteiger partial charge < -0.3 is 24.7 Å². The van der Waals surface area contributed by atoms with Crippen molar-refractivity contribution in [3.8, 4) is 0 Å². The third kappa shape index (κ3) is 7.22. The first-order valence-electron chi connectivity index (χ1n) is 7.69. The maximum Gasteiger partial charge on any atom is 0.326 e. The van der Waals surface area contributed by atoms with Crippen molar-refractivity contribution >= 4 is 5.97 Å². The molecule has 21 heavy (non-hydrogen) atoms.